The molecule has 6 heteroatoms. The zero-order chi connectivity index (χ0) is 16.7. The van der Waals surface area contributed by atoms with Crippen molar-refractivity contribution in [3.05, 3.63) is 47.0 Å². The highest BCUT2D eigenvalue weighted by molar-refractivity contribution is 7.17. The fourth-order valence-corrected chi connectivity index (χ4v) is 3.80. The van der Waals surface area contributed by atoms with E-state index in [1.165, 1.54) is 0 Å². The maximum atomic E-state index is 12.6. The van der Waals surface area contributed by atoms with Crippen molar-refractivity contribution in [2.24, 2.45) is 7.05 Å². The first-order valence-electron chi connectivity index (χ1n) is 7.87. The van der Waals surface area contributed by atoms with Crippen molar-refractivity contribution in [3.63, 3.8) is 0 Å². The van der Waals surface area contributed by atoms with Gasteiger partial charge in [0.15, 0.2) is 11.5 Å². The normalized spacial score (nSPS) is 14.6. The molecule has 1 aromatic carbocycles. The van der Waals surface area contributed by atoms with Gasteiger partial charge in [0.25, 0.3) is 5.91 Å². The maximum Gasteiger partial charge on any atom is 0.268 e. The van der Waals surface area contributed by atoms with E-state index in [0.29, 0.717) is 18.9 Å². The number of nitrogens with one attached hydrogen (secondary N) is 1. The van der Waals surface area contributed by atoms with Gasteiger partial charge in [-0.15, -0.1) is 11.3 Å². The molecule has 1 atom stereocenters. The number of hydrogen-bond donors (Lipinski definition) is 1. The van der Waals surface area contributed by atoms with Crippen molar-refractivity contribution < 1.29 is 14.3 Å². The van der Waals surface area contributed by atoms with E-state index in [4.69, 9.17) is 9.47 Å². The highest BCUT2D eigenvalue weighted by Crippen LogP contribution is 2.32. The van der Waals surface area contributed by atoms with Crippen LogP contribution in [-0.4, -0.2) is 23.7 Å². The zero-order valence-corrected chi connectivity index (χ0v) is 14.4. The quantitative estimate of drug-likeness (QED) is 0.792. The summed E-state index contributed by atoms with van der Waals surface area (Å²) in [5.74, 6) is 1.41. The number of carbonyl (C=O) groups is 1. The van der Waals surface area contributed by atoms with Gasteiger partial charge in [-0.25, -0.2) is 0 Å². The molecule has 0 bridgehead atoms. The van der Waals surface area contributed by atoms with Gasteiger partial charge in [0.2, 0.25) is 0 Å². The third-order valence-electron chi connectivity index (χ3n) is 4.31. The van der Waals surface area contributed by atoms with Crippen molar-refractivity contribution in [3.8, 4) is 11.5 Å². The summed E-state index contributed by atoms with van der Waals surface area (Å²) in [6.45, 7) is 3.09. The van der Waals surface area contributed by atoms with E-state index in [2.05, 4.69) is 5.32 Å². The Kier molecular flexibility index (Phi) is 3.69. The third kappa shape index (κ3) is 2.53. The fraction of sp³-hybridized carbons (Fsp3) is 0.278. The van der Waals surface area contributed by atoms with E-state index in [1.807, 2.05) is 54.3 Å². The first kappa shape index (κ1) is 15.1. The second-order valence-electron chi connectivity index (χ2n) is 5.86. The molecular weight excluding hydrogens is 324 g/mol. The molecule has 3 heterocycles. The van der Waals surface area contributed by atoms with E-state index >= 15 is 0 Å². The Labute approximate surface area is 143 Å². The topological polar surface area (TPSA) is 52.5 Å². The van der Waals surface area contributed by atoms with Crippen LogP contribution in [0.1, 0.15) is 29.0 Å². The summed E-state index contributed by atoms with van der Waals surface area (Å²) in [6, 6.07) is 9.63. The monoisotopic (exact) mass is 342 g/mol. The Hall–Kier alpha value is -2.47. The number of ether oxygens (including phenoxy) is 2. The molecule has 0 saturated heterocycles. The van der Waals surface area contributed by atoms with Crippen LogP contribution >= 0.6 is 11.3 Å². The van der Waals surface area contributed by atoms with Gasteiger partial charge in [0, 0.05) is 7.05 Å². The summed E-state index contributed by atoms with van der Waals surface area (Å²) >= 11 is 1.64. The number of thiophene rings is 1. The summed E-state index contributed by atoms with van der Waals surface area (Å²) in [4.78, 5) is 12.6. The highest BCUT2D eigenvalue weighted by atomic mass is 32.1. The van der Waals surface area contributed by atoms with Crippen LogP contribution in [0.4, 0.5) is 0 Å². The average molecular weight is 342 g/mol. The lowest BCUT2D eigenvalue weighted by atomic mass is 10.1. The minimum Gasteiger partial charge on any atom is -0.486 e. The second-order valence-corrected chi connectivity index (χ2v) is 6.80. The lowest BCUT2D eigenvalue weighted by molar-refractivity contribution is 0.0932. The lowest BCUT2D eigenvalue weighted by Crippen LogP contribution is -2.28. The average Bonchev–Trinajstić information content (AvgIpc) is 3.17. The first-order chi connectivity index (χ1) is 11.6. The molecule has 3 aromatic rings. The van der Waals surface area contributed by atoms with Gasteiger partial charge in [-0.2, -0.15) is 0 Å². The summed E-state index contributed by atoms with van der Waals surface area (Å²) in [6.07, 6.45) is 0. The summed E-state index contributed by atoms with van der Waals surface area (Å²) in [5.41, 5.74) is 2.74. The molecule has 24 heavy (non-hydrogen) atoms. The first-order valence-corrected chi connectivity index (χ1v) is 8.75. The number of carbonyl (C=O) groups excluding carboxylic acids is 1. The SMILES string of the molecule is C[C@H](NC(=O)c1cc2sccc2n1C)c1ccc2c(c1)OCCO2. The van der Waals surface area contributed by atoms with Crippen molar-refractivity contribution in [1.82, 2.24) is 9.88 Å². The molecule has 0 saturated carbocycles. The van der Waals surface area contributed by atoms with E-state index in [1.54, 1.807) is 11.3 Å². The van der Waals surface area contributed by atoms with Crippen LogP contribution in [0.15, 0.2) is 35.7 Å². The molecule has 1 aliphatic rings. The van der Waals surface area contributed by atoms with Gasteiger partial charge in [-0.1, -0.05) is 6.07 Å². The van der Waals surface area contributed by atoms with Gasteiger partial charge in [-0.05, 0) is 42.1 Å². The fourth-order valence-electron chi connectivity index (χ4n) is 2.95. The van der Waals surface area contributed by atoms with Crippen molar-refractivity contribution in [2.75, 3.05) is 13.2 Å². The van der Waals surface area contributed by atoms with Crippen LogP contribution in [0, 0.1) is 0 Å². The van der Waals surface area contributed by atoms with Crippen LogP contribution < -0.4 is 14.8 Å². The van der Waals surface area contributed by atoms with Crippen molar-refractivity contribution >= 4 is 27.5 Å². The Bertz CT molecular complexity index is 912. The molecule has 0 radical (unpaired) electrons. The molecule has 1 aliphatic heterocycles. The molecule has 5 nitrogen and oxygen atoms in total. The van der Waals surface area contributed by atoms with Crippen LogP contribution in [0.5, 0.6) is 11.5 Å². The van der Waals surface area contributed by atoms with Gasteiger partial charge < -0.3 is 19.4 Å². The standard InChI is InChI=1S/C18H18N2O3S/c1-11(12-3-4-15-16(9-12)23-7-6-22-15)19-18(21)14-10-17-13(20(14)2)5-8-24-17/h3-5,8-11H,6-7H2,1-2H3,(H,19,21)/t11-/m0/s1. The van der Waals surface area contributed by atoms with Crippen LogP contribution in [0.2, 0.25) is 0 Å². The maximum absolute atomic E-state index is 12.6. The highest BCUT2D eigenvalue weighted by Gasteiger charge is 2.19. The third-order valence-corrected chi connectivity index (χ3v) is 5.16. The van der Waals surface area contributed by atoms with Crippen LogP contribution in [-0.2, 0) is 7.05 Å². The van der Waals surface area contributed by atoms with Gasteiger partial charge in [-0.3, -0.25) is 4.79 Å². The molecule has 2 aromatic heterocycles. The predicted molar refractivity (Wildman–Crippen MR) is 94.1 cm³/mol. The van der Waals surface area contributed by atoms with Crippen molar-refractivity contribution in [2.45, 2.75) is 13.0 Å². The largest absolute Gasteiger partial charge is 0.486 e. The molecule has 0 aliphatic carbocycles. The molecule has 0 spiro atoms. The minimum atomic E-state index is -0.124. The predicted octanol–water partition coefficient (Wildman–Crippen LogP) is 3.50. The van der Waals surface area contributed by atoms with E-state index in [-0.39, 0.29) is 11.9 Å². The molecular formula is C18H18N2O3S. The molecule has 0 fully saturated rings. The Balaban J connectivity index is 1.55. The molecule has 4 rings (SSSR count). The summed E-state index contributed by atoms with van der Waals surface area (Å²) in [5, 5.41) is 5.09. The van der Waals surface area contributed by atoms with Gasteiger partial charge in [0.1, 0.15) is 18.9 Å². The smallest absolute Gasteiger partial charge is 0.268 e. The van der Waals surface area contributed by atoms with Crippen molar-refractivity contribution in [1.29, 1.82) is 0 Å². The van der Waals surface area contributed by atoms with Gasteiger partial charge in [0.05, 0.1) is 16.3 Å². The number of fused-ring (bicyclic) bond motifs is 2. The number of benzene rings is 1. The Morgan fingerprint density at radius 2 is 2.00 bits per heavy atom. The molecule has 1 N–H and O–H groups in total. The number of aryl methyl sites for hydroxylation is 1. The Morgan fingerprint density at radius 3 is 2.79 bits per heavy atom. The zero-order valence-electron chi connectivity index (χ0n) is 13.5. The lowest BCUT2D eigenvalue weighted by Gasteiger charge is -2.21. The number of nitrogens with zero attached hydrogens (tertiary/aromatic N) is 1. The molecule has 124 valence electrons. The van der Waals surface area contributed by atoms with Crippen LogP contribution in [0.3, 0.4) is 0 Å². The van der Waals surface area contributed by atoms with Crippen LogP contribution in [0.25, 0.3) is 10.2 Å². The number of rotatable bonds is 3. The molecule has 0 unspecified atom stereocenters. The molecule has 1 amide bonds. The Morgan fingerprint density at radius 1 is 1.21 bits per heavy atom. The van der Waals surface area contributed by atoms with E-state index in [0.717, 1.165) is 27.3 Å². The second kappa shape index (κ2) is 5.87. The number of hydrogen-bond acceptors (Lipinski definition) is 4. The van der Waals surface area contributed by atoms with E-state index < -0.39 is 0 Å². The summed E-state index contributed by atoms with van der Waals surface area (Å²) in [7, 11) is 1.92. The summed E-state index contributed by atoms with van der Waals surface area (Å²) < 4.78 is 14.2. The minimum absolute atomic E-state index is 0.0803. The van der Waals surface area contributed by atoms with Gasteiger partial charge >= 0.3 is 0 Å². The number of amides is 1. The number of aromatic nitrogens is 1. The van der Waals surface area contributed by atoms with E-state index in [9.17, 15) is 4.79 Å².